The summed E-state index contributed by atoms with van der Waals surface area (Å²) in [4.78, 5) is 64.1. The highest BCUT2D eigenvalue weighted by Crippen LogP contribution is 2.29. The van der Waals surface area contributed by atoms with Gasteiger partial charge in [-0.2, -0.15) is 0 Å². The number of esters is 2. The highest BCUT2D eigenvalue weighted by Gasteiger charge is 2.49. The fourth-order valence-electron chi connectivity index (χ4n) is 5.49. The molecule has 0 saturated heterocycles. The molecular weight excluding hydrogens is 662 g/mol. The van der Waals surface area contributed by atoms with Crippen LogP contribution in [0, 0.1) is 17.8 Å². The van der Waals surface area contributed by atoms with Gasteiger partial charge in [0.2, 0.25) is 5.91 Å². The Bertz CT molecular complexity index is 1350. The molecule has 2 N–H and O–H groups in total. The van der Waals surface area contributed by atoms with Crippen molar-refractivity contribution in [1.29, 1.82) is 0 Å². The van der Waals surface area contributed by atoms with E-state index in [1.54, 1.807) is 58.0 Å². The zero-order valence-corrected chi connectivity index (χ0v) is 32.6. The minimum atomic E-state index is -2.41. The van der Waals surface area contributed by atoms with Gasteiger partial charge in [-0.05, 0) is 84.4 Å². The van der Waals surface area contributed by atoms with E-state index < -0.39 is 47.4 Å². The molecule has 1 aromatic carbocycles. The highest BCUT2D eigenvalue weighted by molar-refractivity contribution is 5.94. The van der Waals surface area contributed by atoms with Crippen molar-refractivity contribution in [2.45, 2.75) is 156 Å². The molecule has 0 radical (unpaired) electrons. The SMILES string of the molecule is CC#CCOc1ccc(C[C@H](NC(=O)[C@@H](/C=C/CCCCCCC(=O)CCCCCCC)[C@@](O)(CCOC(C)=O)C(=O)OC(C)(C)C)C(C)=O)cc1. The van der Waals surface area contributed by atoms with E-state index in [1.807, 2.05) is 0 Å². The monoisotopic (exact) mass is 725 g/mol. The average Bonchev–Trinajstić information content (AvgIpc) is 3.06. The first-order chi connectivity index (χ1) is 24.6. The van der Waals surface area contributed by atoms with Gasteiger partial charge in [0.25, 0.3) is 0 Å². The molecule has 1 aromatic rings. The number of aliphatic hydroxyl groups is 1. The fourth-order valence-corrected chi connectivity index (χ4v) is 5.49. The van der Waals surface area contributed by atoms with E-state index in [4.69, 9.17) is 14.2 Å². The van der Waals surface area contributed by atoms with E-state index in [-0.39, 0.29) is 25.4 Å². The average molecular weight is 726 g/mol. The molecule has 0 fully saturated rings. The van der Waals surface area contributed by atoms with Crippen LogP contribution >= 0.6 is 0 Å². The first-order valence-corrected chi connectivity index (χ1v) is 18.8. The Morgan fingerprint density at radius 3 is 2.08 bits per heavy atom. The number of rotatable bonds is 26. The predicted molar refractivity (Wildman–Crippen MR) is 202 cm³/mol. The Morgan fingerprint density at radius 2 is 1.52 bits per heavy atom. The normalized spacial score (nSPS) is 13.6. The van der Waals surface area contributed by atoms with Crippen molar-refractivity contribution in [1.82, 2.24) is 5.32 Å². The van der Waals surface area contributed by atoms with Gasteiger partial charge in [0.05, 0.1) is 18.6 Å². The zero-order valence-electron chi connectivity index (χ0n) is 32.6. The molecule has 10 nitrogen and oxygen atoms in total. The Hall–Kier alpha value is -3.97. The maximum absolute atomic E-state index is 14.0. The Morgan fingerprint density at radius 1 is 0.904 bits per heavy atom. The maximum Gasteiger partial charge on any atom is 0.339 e. The van der Waals surface area contributed by atoms with Gasteiger partial charge in [0.15, 0.2) is 11.4 Å². The Kier molecular flexibility index (Phi) is 22.2. The third kappa shape index (κ3) is 19.6. The number of ether oxygens (including phenoxy) is 3. The van der Waals surface area contributed by atoms with E-state index in [1.165, 1.54) is 39.2 Å². The summed E-state index contributed by atoms with van der Waals surface area (Å²) in [5.41, 5.74) is -2.65. The second kappa shape index (κ2) is 25.1. The summed E-state index contributed by atoms with van der Waals surface area (Å²) >= 11 is 0. The van der Waals surface area contributed by atoms with E-state index in [0.717, 1.165) is 44.1 Å². The van der Waals surface area contributed by atoms with Crippen LogP contribution < -0.4 is 10.1 Å². The number of hydrogen-bond acceptors (Lipinski definition) is 9. The molecule has 0 saturated carbocycles. The van der Waals surface area contributed by atoms with Crippen molar-refractivity contribution < 1.29 is 43.3 Å². The van der Waals surface area contributed by atoms with E-state index >= 15 is 0 Å². The van der Waals surface area contributed by atoms with E-state index in [9.17, 15) is 29.1 Å². The minimum absolute atomic E-state index is 0.159. The molecular formula is C42H63NO9. The number of carbonyl (C=O) groups is 5. The third-order valence-electron chi connectivity index (χ3n) is 8.46. The maximum atomic E-state index is 14.0. The fraction of sp³-hybridized carbons (Fsp3) is 0.643. The molecule has 0 aliphatic carbocycles. The smallest absolute Gasteiger partial charge is 0.339 e. The lowest BCUT2D eigenvalue weighted by molar-refractivity contribution is -0.186. The summed E-state index contributed by atoms with van der Waals surface area (Å²) < 4.78 is 16.2. The molecule has 0 aliphatic heterocycles. The van der Waals surface area contributed by atoms with Crippen LogP contribution in [0.1, 0.15) is 138 Å². The van der Waals surface area contributed by atoms with E-state index in [0.29, 0.717) is 30.8 Å². The summed E-state index contributed by atoms with van der Waals surface area (Å²) in [6, 6.07) is 6.11. The van der Waals surface area contributed by atoms with Gasteiger partial charge in [-0.1, -0.05) is 75.7 Å². The van der Waals surface area contributed by atoms with Gasteiger partial charge in [-0.25, -0.2) is 4.79 Å². The molecule has 1 amide bonds. The van der Waals surface area contributed by atoms with Crippen molar-refractivity contribution >= 4 is 29.4 Å². The molecule has 10 heteroatoms. The number of nitrogens with one attached hydrogen (secondary N) is 1. The van der Waals surface area contributed by atoms with Crippen molar-refractivity contribution in [3.63, 3.8) is 0 Å². The second-order valence-corrected chi connectivity index (χ2v) is 14.3. The van der Waals surface area contributed by atoms with Gasteiger partial charge in [-0.3, -0.25) is 19.2 Å². The van der Waals surface area contributed by atoms with Crippen molar-refractivity contribution in [3.05, 3.63) is 42.0 Å². The van der Waals surface area contributed by atoms with Crippen LogP contribution in [0.3, 0.4) is 0 Å². The first kappa shape index (κ1) is 46.1. The van der Waals surface area contributed by atoms with Crippen LogP contribution in [0.25, 0.3) is 0 Å². The lowest BCUT2D eigenvalue weighted by atomic mass is 9.82. The van der Waals surface area contributed by atoms with Crippen LogP contribution in [-0.4, -0.2) is 65.0 Å². The molecule has 1 rings (SSSR count). The molecule has 0 aliphatic rings. The summed E-state index contributed by atoms with van der Waals surface area (Å²) in [5.74, 6) is 2.32. The Labute approximate surface area is 311 Å². The summed E-state index contributed by atoms with van der Waals surface area (Å²) in [5, 5.41) is 14.7. The van der Waals surface area contributed by atoms with Gasteiger partial charge in [0, 0.05) is 26.2 Å². The summed E-state index contributed by atoms with van der Waals surface area (Å²) in [7, 11) is 0. The number of hydrogen-bond donors (Lipinski definition) is 2. The molecule has 0 unspecified atom stereocenters. The number of benzene rings is 1. The predicted octanol–water partition coefficient (Wildman–Crippen LogP) is 7.17. The first-order valence-electron chi connectivity index (χ1n) is 18.8. The number of Topliss-reactive ketones (excluding diaryl/α,β-unsaturated/α-hetero) is 2. The lowest BCUT2D eigenvalue weighted by Gasteiger charge is -2.35. The van der Waals surface area contributed by atoms with Crippen molar-refractivity contribution in [2.24, 2.45) is 5.92 Å². The topological polar surface area (TPSA) is 145 Å². The molecule has 3 atom stereocenters. The molecule has 52 heavy (non-hydrogen) atoms. The zero-order chi connectivity index (χ0) is 39.0. The second-order valence-electron chi connectivity index (χ2n) is 14.3. The van der Waals surface area contributed by atoms with Gasteiger partial charge < -0.3 is 24.6 Å². The summed E-state index contributed by atoms with van der Waals surface area (Å²) in [6.45, 7) is 11.3. The van der Waals surface area contributed by atoms with Gasteiger partial charge in [0.1, 0.15) is 23.7 Å². The Balaban J connectivity index is 3.11. The number of ketones is 2. The minimum Gasteiger partial charge on any atom is -0.481 e. The van der Waals surface area contributed by atoms with Gasteiger partial charge in [-0.15, -0.1) is 5.92 Å². The summed E-state index contributed by atoms with van der Waals surface area (Å²) in [6.07, 6.45) is 13.7. The highest BCUT2D eigenvalue weighted by atomic mass is 16.6. The van der Waals surface area contributed by atoms with Crippen molar-refractivity contribution in [2.75, 3.05) is 13.2 Å². The van der Waals surface area contributed by atoms with Crippen LogP contribution in [0.2, 0.25) is 0 Å². The standard InChI is InChI=1S/C42H63NO9/c1-8-10-12-15-18-21-35(46)22-19-16-13-14-17-20-23-37(42(49,28-30-50-33(4)45)40(48)52-41(5,6)7)39(47)43-38(32(3)44)31-34-24-26-36(27-25-34)51-29-11-9-2/h20,23-27,37-38,49H,8,10,12-19,21-22,28-31H2,1-7H3,(H,43,47)/b23-20+/t37-,38+,42+/m1/s1. The van der Waals surface area contributed by atoms with Crippen LogP contribution in [0.4, 0.5) is 0 Å². The number of amides is 1. The van der Waals surface area contributed by atoms with Crippen molar-refractivity contribution in [3.8, 4) is 17.6 Å². The van der Waals surface area contributed by atoms with E-state index in [2.05, 4.69) is 24.1 Å². The van der Waals surface area contributed by atoms with Crippen LogP contribution in [0.15, 0.2) is 36.4 Å². The molecule has 0 aromatic heterocycles. The van der Waals surface area contributed by atoms with Crippen LogP contribution in [-0.2, 0) is 39.9 Å². The quantitative estimate of drug-likeness (QED) is 0.0439. The number of unbranched alkanes of at least 4 members (excludes halogenated alkanes) is 8. The molecule has 290 valence electrons. The number of allylic oxidation sites excluding steroid dienone is 1. The molecule has 0 heterocycles. The number of carbonyl (C=O) groups excluding carboxylic acids is 5. The van der Waals surface area contributed by atoms with Crippen LogP contribution in [0.5, 0.6) is 5.75 Å². The largest absolute Gasteiger partial charge is 0.481 e. The molecule has 0 spiro atoms. The van der Waals surface area contributed by atoms with Gasteiger partial charge >= 0.3 is 11.9 Å². The molecule has 0 bridgehead atoms. The lowest BCUT2D eigenvalue weighted by Crippen LogP contribution is -2.56. The third-order valence-corrected chi connectivity index (χ3v) is 8.46.